The van der Waals surface area contributed by atoms with Gasteiger partial charge in [-0.25, -0.2) is 4.39 Å². The normalized spacial score (nSPS) is 11.6. The second-order valence-electron chi connectivity index (χ2n) is 6.42. The zero-order valence-electron chi connectivity index (χ0n) is 15.8. The average Bonchev–Trinajstić information content (AvgIpc) is 2.75. The summed E-state index contributed by atoms with van der Waals surface area (Å²) >= 11 is 0. The predicted octanol–water partition coefficient (Wildman–Crippen LogP) is 3.57. The standard InChI is InChI=1S/C23H21FN2O3/c1-16(29-20-15-9-8-14-19(20)24)22(27)25-26-23(28)21(17-10-4-2-5-11-17)18-12-6-3-7-13-18/h2-16,21H,1H3,(H,25,27)(H,26,28)/t16-/m1/s1. The van der Waals surface area contributed by atoms with Crippen molar-refractivity contribution in [1.82, 2.24) is 10.9 Å². The highest BCUT2D eigenvalue weighted by atomic mass is 19.1. The molecule has 0 aliphatic carbocycles. The van der Waals surface area contributed by atoms with Gasteiger partial charge >= 0.3 is 0 Å². The molecular weight excluding hydrogens is 371 g/mol. The Morgan fingerprint density at radius 3 is 1.79 bits per heavy atom. The molecule has 0 spiro atoms. The van der Waals surface area contributed by atoms with E-state index in [4.69, 9.17) is 4.74 Å². The summed E-state index contributed by atoms with van der Waals surface area (Å²) in [5.74, 6) is -2.19. The molecule has 0 unspecified atom stereocenters. The smallest absolute Gasteiger partial charge is 0.279 e. The van der Waals surface area contributed by atoms with Crippen LogP contribution in [0, 0.1) is 5.82 Å². The Morgan fingerprint density at radius 2 is 1.24 bits per heavy atom. The van der Waals surface area contributed by atoms with Crippen LogP contribution in [0.4, 0.5) is 4.39 Å². The van der Waals surface area contributed by atoms with Crippen LogP contribution < -0.4 is 15.6 Å². The first-order valence-electron chi connectivity index (χ1n) is 9.17. The molecule has 2 N–H and O–H groups in total. The van der Waals surface area contributed by atoms with Crippen molar-refractivity contribution in [3.8, 4) is 5.75 Å². The molecule has 3 rings (SSSR count). The lowest BCUT2D eigenvalue weighted by atomic mass is 9.91. The highest BCUT2D eigenvalue weighted by Gasteiger charge is 2.24. The SMILES string of the molecule is C[C@@H](Oc1ccccc1F)C(=O)NNC(=O)C(c1ccccc1)c1ccccc1. The Labute approximate surface area is 168 Å². The van der Waals surface area contributed by atoms with E-state index in [1.807, 2.05) is 60.7 Å². The molecule has 0 aliphatic heterocycles. The Hall–Kier alpha value is -3.67. The zero-order chi connectivity index (χ0) is 20.6. The molecule has 3 aromatic carbocycles. The summed E-state index contributed by atoms with van der Waals surface area (Å²) in [5, 5.41) is 0. The predicted molar refractivity (Wildman–Crippen MR) is 108 cm³/mol. The van der Waals surface area contributed by atoms with E-state index in [0.717, 1.165) is 11.1 Å². The third-order valence-electron chi connectivity index (χ3n) is 4.35. The maximum atomic E-state index is 13.7. The Kier molecular flexibility index (Phi) is 6.58. The number of halogens is 1. The Morgan fingerprint density at radius 1 is 0.759 bits per heavy atom. The van der Waals surface area contributed by atoms with Gasteiger partial charge in [0.15, 0.2) is 17.7 Å². The summed E-state index contributed by atoms with van der Waals surface area (Å²) in [6.07, 6.45) is -1.00. The molecule has 2 amide bonds. The summed E-state index contributed by atoms with van der Waals surface area (Å²) < 4.78 is 19.0. The lowest BCUT2D eigenvalue weighted by Gasteiger charge is -2.20. The number of hydrogen-bond acceptors (Lipinski definition) is 3. The molecule has 0 fully saturated rings. The highest BCUT2D eigenvalue weighted by Crippen LogP contribution is 2.24. The van der Waals surface area contributed by atoms with E-state index >= 15 is 0 Å². The van der Waals surface area contributed by atoms with Crippen molar-refractivity contribution in [2.24, 2.45) is 0 Å². The number of amides is 2. The molecule has 0 heterocycles. The van der Waals surface area contributed by atoms with Gasteiger partial charge in [-0.2, -0.15) is 0 Å². The third kappa shape index (κ3) is 5.19. The summed E-state index contributed by atoms with van der Waals surface area (Å²) in [6, 6.07) is 24.3. The van der Waals surface area contributed by atoms with Crippen LogP contribution in [0.1, 0.15) is 24.0 Å². The van der Waals surface area contributed by atoms with Gasteiger partial charge in [0.05, 0.1) is 5.92 Å². The van der Waals surface area contributed by atoms with Crippen LogP contribution in [0.25, 0.3) is 0 Å². The molecule has 148 valence electrons. The second-order valence-corrected chi connectivity index (χ2v) is 6.42. The number of hydrogen-bond donors (Lipinski definition) is 2. The molecule has 0 saturated heterocycles. The van der Waals surface area contributed by atoms with Gasteiger partial charge in [0.25, 0.3) is 5.91 Å². The number of hydrazine groups is 1. The van der Waals surface area contributed by atoms with Crippen LogP contribution in [0.15, 0.2) is 84.9 Å². The van der Waals surface area contributed by atoms with Crippen molar-refractivity contribution in [1.29, 1.82) is 0 Å². The van der Waals surface area contributed by atoms with Gasteiger partial charge in [-0.15, -0.1) is 0 Å². The molecule has 0 saturated carbocycles. The van der Waals surface area contributed by atoms with Crippen molar-refractivity contribution in [3.05, 3.63) is 102 Å². The van der Waals surface area contributed by atoms with Gasteiger partial charge in [0.1, 0.15) is 0 Å². The number of benzene rings is 3. The number of para-hydroxylation sites is 1. The Bertz CT molecular complexity index is 925. The zero-order valence-corrected chi connectivity index (χ0v) is 15.8. The average molecular weight is 392 g/mol. The summed E-state index contributed by atoms with van der Waals surface area (Å²) in [5.41, 5.74) is 6.39. The van der Waals surface area contributed by atoms with E-state index in [2.05, 4.69) is 10.9 Å². The van der Waals surface area contributed by atoms with E-state index in [0.29, 0.717) is 0 Å². The summed E-state index contributed by atoms with van der Waals surface area (Å²) in [4.78, 5) is 25.1. The minimum atomic E-state index is -1.00. The fraction of sp³-hybridized carbons (Fsp3) is 0.130. The molecule has 0 bridgehead atoms. The van der Waals surface area contributed by atoms with E-state index in [9.17, 15) is 14.0 Å². The number of carbonyl (C=O) groups is 2. The van der Waals surface area contributed by atoms with Crippen LogP contribution in [0.5, 0.6) is 5.75 Å². The fourth-order valence-corrected chi connectivity index (χ4v) is 2.87. The first-order chi connectivity index (χ1) is 14.1. The van der Waals surface area contributed by atoms with Crippen molar-refractivity contribution in [2.45, 2.75) is 18.9 Å². The highest BCUT2D eigenvalue weighted by molar-refractivity contribution is 5.90. The van der Waals surface area contributed by atoms with Crippen molar-refractivity contribution in [3.63, 3.8) is 0 Å². The molecule has 0 aliphatic rings. The molecule has 5 nitrogen and oxygen atoms in total. The molecule has 29 heavy (non-hydrogen) atoms. The minimum absolute atomic E-state index is 0.0343. The van der Waals surface area contributed by atoms with Crippen LogP contribution in [-0.4, -0.2) is 17.9 Å². The molecule has 6 heteroatoms. The van der Waals surface area contributed by atoms with Gasteiger partial charge in [-0.1, -0.05) is 72.8 Å². The van der Waals surface area contributed by atoms with E-state index in [1.54, 1.807) is 6.07 Å². The number of carbonyl (C=O) groups excluding carboxylic acids is 2. The lowest BCUT2D eigenvalue weighted by Crippen LogP contribution is -2.48. The van der Waals surface area contributed by atoms with Crippen molar-refractivity contribution >= 4 is 11.8 Å². The van der Waals surface area contributed by atoms with Gasteiger partial charge in [0.2, 0.25) is 5.91 Å². The van der Waals surface area contributed by atoms with Crippen LogP contribution in [0.2, 0.25) is 0 Å². The maximum absolute atomic E-state index is 13.7. The third-order valence-corrected chi connectivity index (χ3v) is 4.35. The van der Waals surface area contributed by atoms with Gasteiger partial charge in [-0.05, 0) is 30.2 Å². The molecule has 1 atom stereocenters. The second kappa shape index (κ2) is 9.50. The minimum Gasteiger partial charge on any atom is -0.478 e. The largest absolute Gasteiger partial charge is 0.478 e. The maximum Gasteiger partial charge on any atom is 0.279 e. The lowest BCUT2D eigenvalue weighted by molar-refractivity contribution is -0.133. The van der Waals surface area contributed by atoms with E-state index < -0.39 is 29.7 Å². The topological polar surface area (TPSA) is 67.4 Å². The van der Waals surface area contributed by atoms with Crippen molar-refractivity contribution in [2.75, 3.05) is 0 Å². The Balaban J connectivity index is 1.67. The fourth-order valence-electron chi connectivity index (χ4n) is 2.87. The number of nitrogens with one attached hydrogen (secondary N) is 2. The number of ether oxygens (including phenoxy) is 1. The molecular formula is C23H21FN2O3. The molecule has 0 aromatic heterocycles. The molecule has 3 aromatic rings. The molecule has 0 radical (unpaired) electrons. The van der Waals surface area contributed by atoms with E-state index in [1.165, 1.54) is 25.1 Å². The van der Waals surface area contributed by atoms with Crippen LogP contribution in [0.3, 0.4) is 0 Å². The first-order valence-corrected chi connectivity index (χ1v) is 9.17. The van der Waals surface area contributed by atoms with Crippen molar-refractivity contribution < 1.29 is 18.7 Å². The van der Waals surface area contributed by atoms with E-state index in [-0.39, 0.29) is 5.75 Å². The van der Waals surface area contributed by atoms with Gasteiger partial charge in [0, 0.05) is 0 Å². The van der Waals surface area contributed by atoms with Crippen LogP contribution >= 0.6 is 0 Å². The summed E-state index contributed by atoms with van der Waals surface area (Å²) in [7, 11) is 0. The van der Waals surface area contributed by atoms with Crippen LogP contribution in [-0.2, 0) is 9.59 Å². The van der Waals surface area contributed by atoms with Gasteiger partial charge in [-0.3, -0.25) is 20.4 Å². The quantitative estimate of drug-likeness (QED) is 0.630. The summed E-state index contributed by atoms with van der Waals surface area (Å²) in [6.45, 7) is 1.47. The van der Waals surface area contributed by atoms with Gasteiger partial charge < -0.3 is 4.74 Å². The first kappa shape index (κ1) is 20.1. The monoisotopic (exact) mass is 392 g/mol. The number of rotatable bonds is 6.